The molecule has 1 aromatic carbocycles. The van der Waals surface area contributed by atoms with E-state index in [1.165, 1.54) is 0 Å². The Bertz CT molecular complexity index is 451. The van der Waals surface area contributed by atoms with Crippen molar-refractivity contribution in [1.29, 1.82) is 0 Å². The number of hydrogen-bond acceptors (Lipinski definition) is 3. The first-order valence-corrected chi connectivity index (χ1v) is 5.22. The van der Waals surface area contributed by atoms with E-state index in [-0.39, 0.29) is 0 Å². The van der Waals surface area contributed by atoms with Crippen LogP contribution in [-0.2, 0) is 13.2 Å². The summed E-state index contributed by atoms with van der Waals surface area (Å²) in [5.41, 5.74) is 8.57. The summed E-state index contributed by atoms with van der Waals surface area (Å²) >= 11 is 0. The molecule has 1 aromatic heterocycles. The number of aryl methyl sites for hydroxylation is 1. The maximum absolute atomic E-state index is 5.65. The van der Waals surface area contributed by atoms with E-state index in [0.29, 0.717) is 13.2 Å². The van der Waals surface area contributed by atoms with E-state index in [2.05, 4.69) is 10.2 Å². The van der Waals surface area contributed by atoms with Crippen LogP contribution >= 0.6 is 0 Å². The van der Waals surface area contributed by atoms with Crippen LogP contribution in [0.2, 0.25) is 0 Å². The summed E-state index contributed by atoms with van der Waals surface area (Å²) in [6.07, 6.45) is 0. The third kappa shape index (κ3) is 2.23. The second kappa shape index (κ2) is 4.81. The molecule has 0 atom stereocenters. The van der Waals surface area contributed by atoms with Gasteiger partial charge in [0.2, 0.25) is 0 Å². The number of nitrogens with one attached hydrogen (secondary N) is 1. The quantitative estimate of drug-likeness (QED) is 0.820. The minimum Gasteiger partial charge on any atom is -0.487 e. The average molecular weight is 217 g/mol. The van der Waals surface area contributed by atoms with Gasteiger partial charge in [0.05, 0.1) is 0 Å². The van der Waals surface area contributed by atoms with Crippen molar-refractivity contribution in [3.05, 3.63) is 47.3 Å². The normalized spacial score (nSPS) is 10.4. The van der Waals surface area contributed by atoms with Gasteiger partial charge >= 0.3 is 0 Å². The molecule has 2 aromatic rings. The van der Waals surface area contributed by atoms with Crippen LogP contribution in [0, 0.1) is 6.92 Å². The summed E-state index contributed by atoms with van der Waals surface area (Å²) in [6.45, 7) is 2.89. The monoisotopic (exact) mass is 217 g/mol. The van der Waals surface area contributed by atoms with E-state index in [4.69, 9.17) is 10.5 Å². The van der Waals surface area contributed by atoms with E-state index >= 15 is 0 Å². The van der Waals surface area contributed by atoms with E-state index in [9.17, 15) is 0 Å². The Hall–Kier alpha value is -1.81. The summed E-state index contributed by atoms with van der Waals surface area (Å²) in [4.78, 5) is 0. The number of nitrogens with two attached hydrogens (primary N) is 1. The molecule has 0 amide bonds. The zero-order valence-corrected chi connectivity index (χ0v) is 9.23. The Morgan fingerprint density at radius 2 is 2.06 bits per heavy atom. The molecule has 4 nitrogen and oxygen atoms in total. The van der Waals surface area contributed by atoms with Crippen molar-refractivity contribution in [2.45, 2.75) is 20.1 Å². The predicted molar refractivity (Wildman–Crippen MR) is 62.0 cm³/mol. The second-order valence-electron chi connectivity index (χ2n) is 3.58. The lowest BCUT2D eigenvalue weighted by Gasteiger charge is -2.05. The van der Waals surface area contributed by atoms with Crippen LogP contribution in [0.15, 0.2) is 30.3 Å². The van der Waals surface area contributed by atoms with Crippen molar-refractivity contribution in [1.82, 2.24) is 10.2 Å². The highest BCUT2D eigenvalue weighted by Crippen LogP contribution is 2.14. The molecule has 0 fully saturated rings. The zero-order chi connectivity index (χ0) is 11.4. The van der Waals surface area contributed by atoms with Gasteiger partial charge in [-0.1, -0.05) is 18.2 Å². The highest BCUT2D eigenvalue weighted by molar-refractivity contribution is 5.25. The van der Waals surface area contributed by atoms with Crippen molar-refractivity contribution in [2.24, 2.45) is 5.73 Å². The molecule has 0 aliphatic carbocycles. The van der Waals surface area contributed by atoms with Crippen LogP contribution in [0.1, 0.15) is 17.0 Å². The molecular formula is C12H15N3O. The molecule has 84 valence electrons. The zero-order valence-electron chi connectivity index (χ0n) is 9.23. The van der Waals surface area contributed by atoms with Crippen molar-refractivity contribution < 1.29 is 4.74 Å². The maximum Gasteiger partial charge on any atom is 0.132 e. The first-order valence-electron chi connectivity index (χ1n) is 5.22. The van der Waals surface area contributed by atoms with Gasteiger partial charge in [0.25, 0.3) is 0 Å². The molecule has 0 radical (unpaired) electrons. The molecule has 0 aliphatic rings. The fraction of sp³-hybridized carbons (Fsp3) is 0.250. The Morgan fingerprint density at radius 1 is 1.31 bits per heavy atom. The third-order valence-electron chi connectivity index (χ3n) is 2.48. The lowest BCUT2D eigenvalue weighted by molar-refractivity contribution is 0.300. The molecule has 1 heterocycles. The smallest absolute Gasteiger partial charge is 0.132 e. The Morgan fingerprint density at radius 3 is 2.75 bits per heavy atom. The van der Waals surface area contributed by atoms with Gasteiger partial charge in [0.1, 0.15) is 18.1 Å². The summed E-state index contributed by atoms with van der Waals surface area (Å²) in [7, 11) is 0. The Balaban J connectivity index is 2.05. The number of rotatable bonds is 4. The van der Waals surface area contributed by atoms with Crippen LogP contribution in [0.3, 0.4) is 0 Å². The lowest BCUT2D eigenvalue weighted by atomic mass is 10.2. The number of benzene rings is 1. The van der Waals surface area contributed by atoms with E-state index in [1.54, 1.807) is 0 Å². The van der Waals surface area contributed by atoms with Gasteiger partial charge in [-0.25, -0.2) is 0 Å². The van der Waals surface area contributed by atoms with Crippen LogP contribution in [0.5, 0.6) is 5.75 Å². The van der Waals surface area contributed by atoms with Crippen molar-refractivity contribution in [3.63, 3.8) is 0 Å². The van der Waals surface area contributed by atoms with Gasteiger partial charge in [-0.05, 0) is 19.1 Å². The highest BCUT2D eigenvalue weighted by Gasteiger charge is 2.08. The largest absolute Gasteiger partial charge is 0.487 e. The summed E-state index contributed by atoms with van der Waals surface area (Å²) < 4.78 is 5.61. The molecule has 16 heavy (non-hydrogen) atoms. The van der Waals surface area contributed by atoms with Crippen molar-refractivity contribution in [2.75, 3.05) is 0 Å². The molecule has 3 N–H and O–H groups in total. The number of aromatic nitrogens is 2. The van der Waals surface area contributed by atoms with Crippen LogP contribution < -0.4 is 10.5 Å². The fourth-order valence-electron chi connectivity index (χ4n) is 1.56. The number of H-pyrrole nitrogens is 1. The molecule has 0 bridgehead atoms. The standard InChI is InChI=1S/C12H15N3O/c1-9-11(7-13)12(15-14-9)8-16-10-5-3-2-4-6-10/h2-6H,7-8,13H2,1H3,(H,14,15). The summed E-state index contributed by atoms with van der Waals surface area (Å²) in [6, 6.07) is 9.67. The van der Waals surface area contributed by atoms with Gasteiger partial charge in [-0.2, -0.15) is 5.10 Å². The SMILES string of the molecule is Cc1[nH]nc(COc2ccccc2)c1CN. The van der Waals surface area contributed by atoms with Gasteiger partial charge < -0.3 is 10.5 Å². The number of hydrogen-bond donors (Lipinski definition) is 2. The van der Waals surface area contributed by atoms with Gasteiger partial charge in [0, 0.05) is 17.8 Å². The number of nitrogens with zero attached hydrogens (tertiary/aromatic N) is 1. The van der Waals surface area contributed by atoms with Crippen LogP contribution in [0.4, 0.5) is 0 Å². The predicted octanol–water partition coefficient (Wildman–Crippen LogP) is 1.76. The molecule has 4 heteroatoms. The van der Waals surface area contributed by atoms with Crippen LogP contribution in [-0.4, -0.2) is 10.2 Å². The maximum atomic E-state index is 5.65. The third-order valence-corrected chi connectivity index (χ3v) is 2.48. The van der Waals surface area contributed by atoms with Gasteiger partial charge in [-0.15, -0.1) is 0 Å². The molecule has 0 saturated heterocycles. The molecule has 0 spiro atoms. The topological polar surface area (TPSA) is 63.9 Å². The van der Waals surface area contributed by atoms with Gasteiger partial charge in [0.15, 0.2) is 0 Å². The first-order chi connectivity index (χ1) is 7.81. The average Bonchev–Trinajstić information content (AvgIpc) is 2.68. The minimum absolute atomic E-state index is 0.445. The van der Waals surface area contributed by atoms with Crippen molar-refractivity contribution >= 4 is 0 Å². The van der Waals surface area contributed by atoms with E-state index < -0.39 is 0 Å². The summed E-state index contributed by atoms with van der Waals surface area (Å²) in [5, 5.41) is 7.09. The highest BCUT2D eigenvalue weighted by atomic mass is 16.5. The fourth-order valence-corrected chi connectivity index (χ4v) is 1.56. The molecule has 2 rings (SSSR count). The Kier molecular flexibility index (Phi) is 3.22. The summed E-state index contributed by atoms with van der Waals surface area (Å²) in [5.74, 6) is 0.839. The van der Waals surface area contributed by atoms with Gasteiger partial charge in [-0.3, -0.25) is 5.10 Å². The van der Waals surface area contributed by atoms with E-state index in [1.807, 2.05) is 37.3 Å². The lowest BCUT2D eigenvalue weighted by Crippen LogP contribution is -2.04. The number of aromatic amines is 1. The Labute approximate surface area is 94.4 Å². The van der Waals surface area contributed by atoms with E-state index in [0.717, 1.165) is 22.7 Å². The first kappa shape index (κ1) is 10.7. The number of ether oxygens (including phenoxy) is 1. The number of para-hydroxylation sites is 1. The van der Waals surface area contributed by atoms with Crippen LogP contribution in [0.25, 0.3) is 0 Å². The molecule has 0 unspecified atom stereocenters. The molecule has 0 aliphatic heterocycles. The minimum atomic E-state index is 0.445. The van der Waals surface area contributed by atoms with Crippen molar-refractivity contribution in [3.8, 4) is 5.75 Å². The molecular weight excluding hydrogens is 202 g/mol. The second-order valence-corrected chi connectivity index (χ2v) is 3.58. The molecule has 0 saturated carbocycles.